The summed E-state index contributed by atoms with van der Waals surface area (Å²) >= 11 is 3.34. The van der Waals surface area contributed by atoms with Crippen molar-refractivity contribution in [1.29, 1.82) is 5.26 Å². The van der Waals surface area contributed by atoms with Gasteiger partial charge in [-0.25, -0.2) is 4.79 Å². The molecule has 1 aromatic carbocycles. The van der Waals surface area contributed by atoms with Gasteiger partial charge in [0.05, 0.1) is 7.11 Å². The summed E-state index contributed by atoms with van der Waals surface area (Å²) in [5.74, 6) is 0.518. The van der Waals surface area contributed by atoms with Crippen molar-refractivity contribution in [2.24, 2.45) is 0 Å². The predicted octanol–water partition coefficient (Wildman–Crippen LogP) is 2.26. The smallest absolute Gasteiger partial charge is 0.348 e. The van der Waals surface area contributed by atoms with E-state index in [2.05, 4.69) is 20.7 Å². The molecule has 0 bridgehead atoms. The van der Waals surface area contributed by atoms with E-state index in [-0.39, 0.29) is 12.4 Å². The average Bonchev–Trinajstić information content (AvgIpc) is 2.81. The maximum Gasteiger partial charge on any atom is 0.348 e. The number of rotatable bonds is 2. The standard InChI is InChI=1S/C12H8BrNO4/c1-16-12(15)8(5-14)2-7-3-10-11(4-9(7)13)18-6-17-10/h2-4H,6H2,1H3. The quantitative estimate of drug-likeness (QED) is 0.476. The zero-order valence-electron chi connectivity index (χ0n) is 9.40. The van der Waals surface area contributed by atoms with Crippen molar-refractivity contribution < 1.29 is 19.0 Å². The van der Waals surface area contributed by atoms with Crippen molar-refractivity contribution >= 4 is 28.0 Å². The maximum atomic E-state index is 11.3. The van der Waals surface area contributed by atoms with E-state index >= 15 is 0 Å². The number of hydrogen-bond acceptors (Lipinski definition) is 5. The highest BCUT2D eigenvalue weighted by molar-refractivity contribution is 9.10. The normalized spacial score (nSPS) is 13.1. The van der Waals surface area contributed by atoms with Crippen LogP contribution < -0.4 is 9.47 Å². The molecule has 0 unspecified atom stereocenters. The summed E-state index contributed by atoms with van der Waals surface area (Å²) in [7, 11) is 1.22. The molecule has 0 N–H and O–H groups in total. The minimum atomic E-state index is -0.679. The number of carbonyl (C=O) groups is 1. The molecule has 18 heavy (non-hydrogen) atoms. The summed E-state index contributed by atoms with van der Waals surface area (Å²) in [6, 6.07) is 5.20. The largest absolute Gasteiger partial charge is 0.465 e. The number of nitrogens with zero attached hydrogens (tertiary/aromatic N) is 1. The Labute approximate surface area is 112 Å². The Balaban J connectivity index is 2.43. The molecular weight excluding hydrogens is 302 g/mol. The molecule has 2 rings (SSSR count). The van der Waals surface area contributed by atoms with Crippen LogP contribution in [-0.4, -0.2) is 19.9 Å². The number of esters is 1. The molecule has 1 aliphatic rings. The molecule has 0 radical (unpaired) electrons. The molecule has 1 aromatic rings. The van der Waals surface area contributed by atoms with Gasteiger partial charge in [-0.1, -0.05) is 15.9 Å². The lowest BCUT2D eigenvalue weighted by Gasteiger charge is -2.02. The highest BCUT2D eigenvalue weighted by Crippen LogP contribution is 2.37. The molecule has 0 spiro atoms. The minimum Gasteiger partial charge on any atom is -0.465 e. The highest BCUT2D eigenvalue weighted by atomic mass is 79.9. The molecule has 1 aliphatic heterocycles. The molecule has 5 nitrogen and oxygen atoms in total. The van der Waals surface area contributed by atoms with E-state index in [1.54, 1.807) is 18.2 Å². The first-order valence-electron chi connectivity index (χ1n) is 4.95. The number of nitriles is 1. The fourth-order valence-corrected chi connectivity index (χ4v) is 1.88. The molecule has 92 valence electrons. The number of carbonyl (C=O) groups excluding carboxylic acids is 1. The summed E-state index contributed by atoms with van der Waals surface area (Å²) in [4.78, 5) is 11.3. The van der Waals surface area contributed by atoms with E-state index in [9.17, 15) is 4.79 Å². The van der Waals surface area contributed by atoms with Gasteiger partial charge >= 0.3 is 5.97 Å². The van der Waals surface area contributed by atoms with Crippen LogP contribution in [0.3, 0.4) is 0 Å². The molecule has 0 amide bonds. The van der Waals surface area contributed by atoms with Crippen LogP contribution in [0.5, 0.6) is 11.5 Å². The van der Waals surface area contributed by atoms with Gasteiger partial charge in [0.15, 0.2) is 11.5 Å². The molecule has 0 aromatic heterocycles. The monoisotopic (exact) mass is 309 g/mol. The maximum absolute atomic E-state index is 11.3. The Morgan fingerprint density at radius 2 is 2.17 bits per heavy atom. The Hall–Kier alpha value is -2.00. The summed E-state index contributed by atoms with van der Waals surface area (Å²) in [5.41, 5.74) is 0.554. The Kier molecular flexibility index (Phi) is 3.53. The van der Waals surface area contributed by atoms with E-state index in [0.29, 0.717) is 21.5 Å². The second kappa shape index (κ2) is 5.10. The van der Waals surface area contributed by atoms with Gasteiger partial charge in [-0.3, -0.25) is 0 Å². The van der Waals surface area contributed by atoms with Crippen LogP contribution in [0.25, 0.3) is 6.08 Å². The van der Waals surface area contributed by atoms with E-state index in [1.165, 1.54) is 13.2 Å². The van der Waals surface area contributed by atoms with Gasteiger partial charge in [0, 0.05) is 4.47 Å². The number of benzene rings is 1. The summed E-state index contributed by atoms with van der Waals surface area (Å²) < 4.78 is 15.6. The van der Waals surface area contributed by atoms with Gasteiger partial charge in [-0.15, -0.1) is 0 Å². The molecule has 0 atom stereocenters. The lowest BCUT2D eigenvalue weighted by molar-refractivity contribution is -0.135. The van der Waals surface area contributed by atoms with Gasteiger partial charge in [-0.2, -0.15) is 5.26 Å². The summed E-state index contributed by atoms with van der Waals surface area (Å²) in [5, 5.41) is 8.88. The fraction of sp³-hybridized carbons (Fsp3) is 0.167. The number of halogens is 1. The van der Waals surface area contributed by atoms with Crippen LogP contribution in [0, 0.1) is 11.3 Å². The summed E-state index contributed by atoms with van der Waals surface area (Å²) in [6.45, 7) is 0.164. The van der Waals surface area contributed by atoms with Crippen molar-refractivity contribution in [2.75, 3.05) is 13.9 Å². The lowest BCUT2D eigenvalue weighted by atomic mass is 10.1. The molecular formula is C12H8BrNO4. The SMILES string of the molecule is COC(=O)C(C#N)=Cc1cc2c(cc1Br)OCO2. The minimum absolute atomic E-state index is 0.0861. The summed E-state index contributed by atoms with van der Waals surface area (Å²) in [6.07, 6.45) is 1.43. The first kappa shape index (κ1) is 12.5. The van der Waals surface area contributed by atoms with Crippen LogP contribution in [0.4, 0.5) is 0 Å². The number of hydrogen-bond donors (Lipinski definition) is 0. The average molecular weight is 310 g/mol. The Morgan fingerprint density at radius 1 is 1.50 bits per heavy atom. The number of ether oxygens (including phenoxy) is 3. The van der Waals surface area contributed by atoms with Crippen molar-refractivity contribution in [3.05, 3.63) is 27.7 Å². The van der Waals surface area contributed by atoms with E-state index in [1.807, 2.05) is 0 Å². The molecule has 6 heteroatoms. The third-order valence-corrected chi connectivity index (χ3v) is 3.00. The zero-order chi connectivity index (χ0) is 13.1. The van der Waals surface area contributed by atoms with E-state index in [4.69, 9.17) is 14.7 Å². The van der Waals surface area contributed by atoms with Crippen molar-refractivity contribution in [3.63, 3.8) is 0 Å². The molecule has 0 fully saturated rings. The highest BCUT2D eigenvalue weighted by Gasteiger charge is 2.17. The molecule has 0 aliphatic carbocycles. The molecule has 0 saturated carbocycles. The van der Waals surface area contributed by atoms with Crippen LogP contribution in [0.1, 0.15) is 5.56 Å². The first-order chi connectivity index (χ1) is 8.65. The lowest BCUT2D eigenvalue weighted by Crippen LogP contribution is -2.02. The van der Waals surface area contributed by atoms with Crippen molar-refractivity contribution in [1.82, 2.24) is 0 Å². The van der Waals surface area contributed by atoms with Crippen molar-refractivity contribution in [3.8, 4) is 17.6 Å². The van der Waals surface area contributed by atoms with Gasteiger partial charge in [0.25, 0.3) is 0 Å². The van der Waals surface area contributed by atoms with Crippen molar-refractivity contribution in [2.45, 2.75) is 0 Å². The van der Waals surface area contributed by atoms with Gasteiger partial charge in [0.2, 0.25) is 6.79 Å². The zero-order valence-corrected chi connectivity index (χ0v) is 11.0. The third kappa shape index (κ3) is 2.31. The number of methoxy groups -OCH3 is 1. The van der Waals surface area contributed by atoms with Crippen LogP contribution in [0.15, 0.2) is 22.2 Å². The predicted molar refractivity (Wildman–Crippen MR) is 65.9 cm³/mol. The Morgan fingerprint density at radius 3 is 2.78 bits per heavy atom. The van der Waals surface area contributed by atoms with Gasteiger partial charge < -0.3 is 14.2 Å². The molecule has 1 heterocycles. The topological polar surface area (TPSA) is 68.6 Å². The second-order valence-electron chi connectivity index (χ2n) is 3.39. The Bertz CT molecular complexity index is 574. The van der Waals surface area contributed by atoms with Gasteiger partial charge in [-0.05, 0) is 23.8 Å². The van der Waals surface area contributed by atoms with Gasteiger partial charge in [0.1, 0.15) is 11.6 Å². The number of fused-ring (bicyclic) bond motifs is 1. The van der Waals surface area contributed by atoms with E-state index < -0.39 is 5.97 Å². The second-order valence-corrected chi connectivity index (χ2v) is 4.24. The van der Waals surface area contributed by atoms with Crippen LogP contribution in [-0.2, 0) is 9.53 Å². The fourth-order valence-electron chi connectivity index (χ4n) is 1.45. The van der Waals surface area contributed by atoms with Crippen LogP contribution in [0.2, 0.25) is 0 Å². The molecule has 0 saturated heterocycles. The van der Waals surface area contributed by atoms with E-state index in [0.717, 1.165) is 0 Å². The van der Waals surface area contributed by atoms with Crippen LogP contribution >= 0.6 is 15.9 Å². The first-order valence-corrected chi connectivity index (χ1v) is 5.74. The third-order valence-electron chi connectivity index (χ3n) is 2.32.